The van der Waals surface area contributed by atoms with Crippen LogP contribution >= 0.6 is 15.9 Å². The molecule has 0 bridgehead atoms. The second kappa shape index (κ2) is 5.75. The number of carbonyl (C=O) groups is 1. The quantitative estimate of drug-likeness (QED) is 0.856. The van der Waals surface area contributed by atoms with Gasteiger partial charge in [-0.1, -0.05) is 22.9 Å². The van der Waals surface area contributed by atoms with Crippen molar-refractivity contribution in [2.24, 2.45) is 0 Å². The highest BCUT2D eigenvalue weighted by atomic mass is 79.9. The number of hydrogen-bond acceptors (Lipinski definition) is 2. The van der Waals surface area contributed by atoms with Crippen LogP contribution in [0.1, 0.15) is 13.3 Å². The lowest BCUT2D eigenvalue weighted by Gasteiger charge is -2.06. The molecule has 0 aliphatic carbocycles. The normalized spacial score (nSPS) is 11.9. The maximum absolute atomic E-state index is 11.4. The number of carbonyl (C=O) groups excluding carboxylic acids is 1. The van der Waals surface area contributed by atoms with E-state index in [0.29, 0.717) is 6.42 Å². The number of alkyl halides is 1. The lowest BCUT2D eigenvalue weighted by atomic mass is 10.2. The third-order valence-corrected chi connectivity index (χ3v) is 2.16. The molecule has 0 aliphatic rings. The summed E-state index contributed by atoms with van der Waals surface area (Å²) in [4.78, 5) is 11.6. The van der Waals surface area contributed by atoms with Gasteiger partial charge in [-0.3, -0.25) is 4.79 Å². The molecule has 0 aliphatic heterocycles. The summed E-state index contributed by atoms with van der Waals surface area (Å²) in [6, 6.07) is 7.26. The Bertz CT molecular complexity index is 322. The predicted octanol–water partition coefficient (Wildman–Crippen LogP) is 2.81. The number of rotatable bonds is 4. The van der Waals surface area contributed by atoms with Gasteiger partial charge in [0, 0.05) is 16.9 Å². The molecule has 0 heterocycles. The van der Waals surface area contributed by atoms with E-state index in [4.69, 9.17) is 4.74 Å². The first-order valence-electron chi connectivity index (χ1n) is 4.70. The number of anilines is 1. The van der Waals surface area contributed by atoms with Crippen molar-refractivity contribution in [2.75, 3.05) is 12.4 Å². The summed E-state index contributed by atoms with van der Waals surface area (Å²) in [6.45, 7) is 1.94. The molecule has 0 radical (unpaired) electrons. The van der Waals surface area contributed by atoms with Crippen LogP contribution < -0.4 is 10.1 Å². The van der Waals surface area contributed by atoms with E-state index in [9.17, 15) is 4.79 Å². The fourth-order valence-corrected chi connectivity index (χ4v) is 1.44. The van der Waals surface area contributed by atoms with Gasteiger partial charge < -0.3 is 10.1 Å². The topological polar surface area (TPSA) is 38.3 Å². The predicted molar refractivity (Wildman–Crippen MR) is 64.6 cm³/mol. The standard InChI is InChI=1S/C11H14BrNO2/c1-8(12)7-11(14)13-9-3-5-10(15-2)6-4-9/h3-6,8H,7H2,1-2H3,(H,13,14). The molecule has 0 saturated carbocycles. The van der Waals surface area contributed by atoms with Crippen molar-refractivity contribution in [3.63, 3.8) is 0 Å². The van der Waals surface area contributed by atoms with Gasteiger partial charge in [-0.05, 0) is 24.3 Å². The second-order valence-electron chi connectivity index (χ2n) is 3.26. The number of hydrogen-bond donors (Lipinski definition) is 1. The van der Waals surface area contributed by atoms with Crippen LogP contribution in [0.3, 0.4) is 0 Å². The van der Waals surface area contributed by atoms with E-state index in [1.165, 1.54) is 0 Å². The Kier molecular flexibility index (Phi) is 4.62. The molecule has 1 rings (SSSR count). The molecule has 1 unspecified atom stereocenters. The van der Waals surface area contributed by atoms with Gasteiger partial charge >= 0.3 is 0 Å². The summed E-state index contributed by atoms with van der Waals surface area (Å²) in [5.41, 5.74) is 0.786. The van der Waals surface area contributed by atoms with Crippen molar-refractivity contribution in [3.8, 4) is 5.75 Å². The minimum atomic E-state index is 0.00421. The van der Waals surface area contributed by atoms with Crippen LogP contribution in [0.5, 0.6) is 5.75 Å². The van der Waals surface area contributed by atoms with Gasteiger partial charge in [0.25, 0.3) is 0 Å². The van der Waals surface area contributed by atoms with Crippen molar-refractivity contribution in [3.05, 3.63) is 24.3 Å². The fraction of sp³-hybridized carbons (Fsp3) is 0.364. The van der Waals surface area contributed by atoms with E-state index in [-0.39, 0.29) is 10.7 Å². The lowest BCUT2D eigenvalue weighted by Crippen LogP contribution is -2.14. The molecule has 1 amide bonds. The van der Waals surface area contributed by atoms with Crippen LogP contribution in [-0.2, 0) is 4.79 Å². The minimum absolute atomic E-state index is 0.00421. The van der Waals surface area contributed by atoms with E-state index in [0.717, 1.165) is 11.4 Å². The zero-order valence-corrected chi connectivity index (χ0v) is 10.4. The number of halogens is 1. The molecule has 82 valence electrons. The van der Waals surface area contributed by atoms with E-state index in [2.05, 4.69) is 21.2 Å². The van der Waals surface area contributed by atoms with Gasteiger partial charge in [-0.15, -0.1) is 0 Å². The van der Waals surface area contributed by atoms with Crippen molar-refractivity contribution in [1.82, 2.24) is 0 Å². The van der Waals surface area contributed by atoms with Gasteiger partial charge in [-0.25, -0.2) is 0 Å². The molecule has 1 N–H and O–H groups in total. The highest BCUT2D eigenvalue weighted by Crippen LogP contribution is 2.15. The number of ether oxygens (including phenoxy) is 1. The van der Waals surface area contributed by atoms with E-state index in [1.54, 1.807) is 7.11 Å². The molecule has 4 heteroatoms. The molecule has 1 atom stereocenters. The van der Waals surface area contributed by atoms with Gasteiger partial charge in [0.05, 0.1) is 7.11 Å². The summed E-state index contributed by atoms with van der Waals surface area (Å²) in [6.07, 6.45) is 0.464. The number of amides is 1. The van der Waals surface area contributed by atoms with Crippen LogP contribution in [0.15, 0.2) is 24.3 Å². The molecule has 1 aromatic carbocycles. The molecule has 0 aromatic heterocycles. The molecule has 1 aromatic rings. The van der Waals surface area contributed by atoms with Gasteiger partial charge in [0.2, 0.25) is 5.91 Å². The number of benzene rings is 1. The van der Waals surface area contributed by atoms with Crippen LogP contribution in [0, 0.1) is 0 Å². The van der Waals surface area contributed by atoms with E-state index >= 15 is 0 Å². The van der Waals surface area contributed by atoms with E-state index in [1.807, 2.05) is 31.2 Å². The first-order valence-corrected chi connectivity index (χ1v) is 5.61. The van der Waals surface area contributed by atoms with Crippen LogP contribution in [-0.4, -0.2) is 17.8 Å². The summed E-state index contributed by atoms with van der Waals surface area (Å²) >= 11 is 3.33. The Balaban J connectivity index is 2.53. The first kappa shape index (κ1) is 12.0. The van der Waals surface area contributed by atoms with Gasteiger partial charge in [-0.2, -0.15) is 0 Å². The van der Waals surface area contributed by atoms with Gasteiger partial charge in [0.15, 0.2) is 0 Å². The van der Waals surface area contributed by atoms with Crippen molar-refractivity contribution in [1.29, 1.82) is 0 Å². The Morgan fingerprint density at radius 2 is 2.07 bits per heavy atom. The molecule has 0 saturated heterocycles. The van der Waals surface area contributed by atoms with E-state index < -0.39 is 0 Å². The van der Waals surface area contributed by atoms with Crippen LogP contribution in [0.2, 0.25) is 0 Å². The summed E-state index contributed by atoms with van der Waals surface area (Å²) < 4.78 is 5.02. The second-order valence-corrected chi connectivity index (χ2v) is 4.82. The first-order chi connectivity index (χ1) is 7.11. The van der Waals surface area contributed by atoms with Gasteiger partial charge in [0.1, 0.15) is 5.75 Å². The maximum atomic E-state index is 11.4. The smallest absolute Gasteiger partial charge is 0.225 e. The zero-order chi connectivity index (χ0) is 11.3. The molecule has 3 nitrogen and oxygen atoms in total. The molecule has 0 spiro atoms. The monoisotopic (exact) mass is 271 g/mol. The molecule has 0 fully saturated rings. The third-order valence-electron chi connectivity index (χ3n) is 1.84. The molecular weight excluding hydrogens is 258 g/mol. The van der Waals surface area contributed by atoms with Crippen molar-refractivity contribution < 1.29 is 9.53 Å². The summed E-state index contributed by atoms with van der Waals surface area (Å²) in [5.74, 6) is 0.784. The summed E-state index contributed by atoms with van der Waals surface area (Å²) in [5, 5.41) is 2.80. The Hall–Kier alpha value is -1.03. The largest absolute Gasteiger partial charge is 0.497 e. The lowest BCUT2D eigenvalue weighted by molar-refractivity contribution is -0.116. The Labute approximate surface area is 97.9 Å². The molecule has 15 heavy (non-hydrogen) atoms. The highest BCUT2D eigenvalue weighted by Gasteiger charge is 2.05. The van der Waals surface area contributed by atoms with Crippen LogP contribution in [0.25, 0.3) is 0 Å². The highest BCUT2D eigenvalue weighted by molar-refractivity contribution is 9.09. The minimum Gasteiger partial charge on any atom is -0.497 e. The molecular formula is C11H14BrNO2. The zero-order valence-electron chi connectivity index (χ0n) is 8.79. The number of nitrogens with one attached hydrogen (secondary N) is 1. The SMILES string of the molecule is COc1ccc(NC(=O)CC(C)Br)cc1. The fourth-order valence-electron chi connectivity index (χ4n) is 1.14. The van der Waals surface area contributed by atoms with Crippen molar-refractivity contribution in [2.45, 2.75) is 18.2 Å². The third kappa shape index (κ3) is 4.34. The van der Waals surface area contributed by atoms with Crippen LogP contribution in [0.4, 0.5) is 5.69 Å². The number of methoxy groups -OCH3 is 1. The average Bonchev–Trinajstić information content (AvgIpc) is 2.17. The average molecular weight is 272 g/mol. The van der Waals surface area contributed by atoms with Crippen molar-refractivity contribution >= 4 is 27.5 Å². The maximum Gasteiger partial charge on any atom is 0.225 e. The Morgan fingerprint density at radius 1 is 1.47 bits per heavy atom. The Morgan fingerprint density at radius 3 is 2.53 bits per heavy atom. The summed E-state index contributed by atoms with van der Waals surface area (Å²) in [7, 11) is 1.61.